The lowest BCUT2D eigenvalue weighted by Crippen LogP contribution is -2.23. The number of anilines is 1. The molecule has 0 unspecified atom stereocenters. The topological polar surface area (TPSA) is 59.8 Å². The molecule has 26 heavy (non-hydrogen) atoms. The van der Waals surface area contributed by atoms with E-state index in [9.17, 15) is 9.18 Å². The van der Waals surface area contributed by atoms with Gasteiger partial charge in [0, 0.05) is 5.69 Å². The molecule has 3 rings (SSSR count). The second-order valence-electron chi connectivity index (χ2n) is 5.87. The van der Waals surface area contributed by atoms with Crippen LogP contribution in [0.5, 0.6) is 0 Å². The number of hydrogen-bond acceptors (Lipinski definition) is 4. The molecule has 1 N–H and O–H groups in total. The Hall–Kier alpha value is -2.67. The molecule has 2 aromatic carbocycles. The Morgan fingerprint density at radius 1 is 1.15 bits per heavy atom. The summed E-state index contributed by atoms with van der Waals surface area (Å²) in [5, 5.41) is 11.1. The van der Waals surface area contributed by atoms with E-state index in [1.54, 1.807) is 25.4 Å². The van der Waals surface area contributed by atoms with Crippen LogP contribution >= 0.6 is 11.8 Å². The van der Waals surface area contributed by atoms with Crippen molar-refractivity contribution in [2.75, 3.05) is 5.32 Å². The van der Waals surface area contributed by atoms with E-state index in [0.717, 1.165) is 5.56 Å². The van der Waals surface area contributed by atoms with Crippen molar-refractivity contribution < 1.29 is 9.18 Å². The van der Waals surface area contributed by atoms with Crippen molar-refractivity contribution in [3.8, 4) is 0 Å². The maximum absolute atomic E-state index is 13.2. The number of amides is 1. The normalized spacial score (nSPS) is 13.2. The zero-order chi connectivity index (χ0) is 18.5. The zero-order valence-corrected chi connectivity index (χ0v) is 15.3. The van der Waals surface area contributed by atoms with Crippen LogP contribution in [0.15, 0.2) is 66.1 Å². The van der Waals surface area contributed by atoms with E-state index in [0.29, 0.717) is 10.8 Å². The number of rotatable bonds is 6. The first-order valence-electron chi connectivity index (χ1n) is 8.22. The van der Waals surface area contributed by atoms with Crippen LogP contribution in [0.2, 0.25) is 0 Å². The van der Waals surface area contributed by atoms with Crippen molar-refractivity contribution in [1.82, 2.24) is 14.8 Å². The highest BCUT2D eigenvalue weighted by molar-refractivity contribution is 8.00. The van der Waals surface area contributed by atoms with Crippen LogP contribution in [0, 0.1) is 5.82 Å². The van der Waals surface area contributed by atoms with Crippen molar-refractivity contribution >= 4 is 23.4 Å². The number of hydrogen-bond donors (Lipinski definition) is 1. The highest BCUT2D eigenvalue weighted by Crippen LogP contribution is 2.27. The van der Waals surface area contributed by atoms with Gasteiger partial charge in [0.15, 0.2) is 5.16 Å². The number of thioether (sulfide) groups is 1. The first-order chi connectivity index (χ1) is 12.5. The monoisotopic (exact) mass is 370 g/mol. The average molecular weight is 370 g/mol. The Morgan fingerprint density at radius 2 is 1.92 bits per heavy atom. The third-order valence-electron chi connectivity index (χ3n) is 3.98. The summed E-state index contributed by atoms with van der Waals surface area (Å²) in [4.78, 5) is 12.4. The van der Waals surface area contributed by atoms with Crippen molar-refractivity contribution in [1.29, 1.82) is 0 Å². The first kappa shape index (κ1) is 18.1. The molecule has 0 aliphatic rings. The SMILES string of the molecule is C[C@H](Sc1nncn1[C@H](C)c1ccccc1)C(=O)Nc1cccc(F)c1. The molecule has 0 saturated carbocycles. The molecule has 0 aliphatic heterocycles. The fourth-order valence-corrected chi connectivity index (χ4v) is 3.40. The summed E-state index contributed by atoms with van der Waals surface area (Å²) < 4.78 is 15.2. The van der Waals surface area contributed by atoms with Crippen LogP contribution in [-0.4, -0.2) is 25.9 Å². The van der Waals surface area contributed by atoms with Gasteiger partial charge in [-0.2, -0.15) is 0 Å². The second-order valence-corrected chi connectivity index (χ2v) is 7.18. The summed E-state index contributed by atoms with van der Waals surface area (Å²) in [6, 6.07) is 15.9. The molecule has 0 saturated heterocycles. The van der Waals surface area contributed by atoms with Crippen LogP contribution in [0.1, 0.15) is 25.5 Å². The molecular weight excluding hydrogens is 351 g/mol. The molecule has 0 bridgehead atoms. The smallest absolute Gasteiger partial charge is 0.237 e. The Bertz CT molecular complexity index is 884. The largest absolute Gasteiger partial charge is 0.325 e. The summed E-state index contributed by atoms with van der Waals surface area (Å²) in [5.74, 6) is -0.609. The first-order valence-corrected chi connectivity index (χ1v) is 9.10. The third kappa shape index (κ3) is 4.29. The summed E-state index contributed by atoms with van der Waals surface area (Å²) in [6.45, 7) is 3.84. The minimum Gasteiger partial charge on any atom is -0.325 e. The maximum atomic E-state index is 13.2. The van der Waals surface area contributed by atoms with E-state index in [2.05, 4.69) is 22.4 Å². The van der Waals surface area contributed by atoms with Gasteiger partial charge in [0.1, 0.15) is 12.1 Å². The van der Waals surface area contributed by atoms with Gasteiger partial charge in [-0.1, -0.05) is 48.2 Å². The molecule has 1 aromatic heterocycles. The Balaban J connectivity index is 1.69. The number of carbonyl (C=O) groups excluding carboxylic acids is 1. The molecule has 134 valence electrons. The highest BCUT2D eigenvalue weighted by atomic mass is 32.2. The lowest BCUT2D eigenvalue weighted by Gasteiger charge is -2.17. The van der Waals surface area contributed by atoms with Gasteiger partial charge in [-0.3, -0.25) is 4.79 Å². The molecular formula is C19H19FN4OS. The zero-order valence-electron chi connectivity index (χ0n) is 14.5. The lowest BCUT2D eigenvalue weighted by molar-refractivity contribution is -0.115. The summed E-state index contributed by atoms with van der Waals surface area (Å²) in [6.07, 6.45) is 1.66. The summed E-state index contributed by atoms with van der Waals surface area (Å²) in [7, 11) is 0. The number of nitrogens with one attached hydrogen (secondary N) is 1. The number of halogens is 1. The van der Waals surface area contributed by atoms with Crippen LogP contribution in [0.4, 0.5) is 10.1 Å². The van der Waals surface area contributed by atoms with Gasteiger partial charge in [0.2, 0.25) is 5.91 Å². The standard InChI is InChI=1S/C19H19FN4OS/c1-13(15-7-4-3-5-8-15)24-12-21-23-19(24)26-14(2)18(25)22-17-10-6-9-16(20)11-17/h3-14H,1-2H3,(H,22,25)/t13-,14+/m1/s1. The summed E-state index contributed by atoms with van der Waals surface area (Å²) in [5.41, 5.74) is 1.56. The molecule has 0 aliphatic carbocycles. The summed E-state index contributed by atoms with van der Waals surface area (Å²) >= 11 is 1.31. The van der Waals surface area contributed by atoms with Crippen LogP contribution in [0.3, 0.4) is 0 Å². The van der Waals surface area contributed by atoms with Crippen molar-refractivity contribution in [3.05, 3.63) is 72.3 Å². The molecule has 0 fully saturated rings. The Labute approximate surface area is 155 Å². The fraction of sp³-hybridized carbons (Fsp3) is 0.211. The Morgan fingerprint density at radius 3 is 2.65 bits per heavy atom. The molecule has 0 spiro atoms. The fourth-order valence-electron chi connectivity index (χ4n) is 2.50. The minimum atomic E-state index is -0.413. The molecule has 3 aromatic rings. The third-order valence-corrected chi connectivity index (χ3v) is 5.05. The van der Waals surface area contributed by atoms with E-state index in [1.807, 2.05) is 34.9 Å². The molecule has 7 heteroatoms. The predicted molar refractivity (Wildman–Crippen MR) is 101 cm³/mol. The molecule has 1 heterocycles. The molecule has 5 nitrogen and oxygen atoms in total. The van der Waals surface area contributed by atoms with Crippen molar-refractivity contribution in [3.63, 3.8) is 0 Å². The van der Waals surface area contributed by atoms with Gasteiger partial charge in [-0.25, -0.2) is 4.39 Å². The van der Waals surface area contributed by atoms with Gasteiger partial charge in [-0.15, -0.1) is 10.2 Å². The van der Waals surface area contributed by atoms with Crippen molar-refractivity contribution in [2.45, 2.75) is 30.3 Å². The second kappa shape index (κ2) is 8.14. The number of aromatic nitrogens is 3. The predicted octanol–water partition coefficient (Wildman–Crippen LogP) is 4.15. The van der Waals surface area contributed by atoms with Crippen molar-refractivity contribution in [2.24, 2.45) is 0 Å². The number of carbonyl (C=O) groups is 1. The number of benzene rings is 2. The van der Waals surface area contributed by atoms with Gasteiger partial charge < -0.3 is 9.88 Å². The van der Waals surface area contributed by atoms with E-state index in [1.165, 1.54) is 23.9 Å². The van der Waals surface area contributed by atoms with E-state index in [4.69, 9.17) is 0 Å². The van der Waals surface area contributed by atoms with E-state index < -0.39 is 5.25 Å². The molecule has 2 atom stereocenters. The minimum absolute atomic E-state index is 0.0483. The number of nitrogens with zero attached hydrogens (tertiary/aromatic N) is 3. The maximum Gasteiger partial charge on any atom is 0.237 e. The van der Waals surface area contributed by atoms with Gasteiger partial charge in [-0.05, 0) is 37.6 Å². The Kier molecular flexibility index (Phi) is 5.68. The van der Waals surface area contributed by atoms with E-state index in [-0.39, 0.29) is 17.8 Å². The van der Waals surface area contributed by atoms with E-state index >= 15 is 0 Å². The van der Waals surface area contributed by atoms with Gasteiger partial charge in [0.25, 0.3) is 0 Å². The van der Waals surface area contributed by atoms with Crippen LogP contribution < -0.4 is 5.32 Å². The van der Waals surface area contributed by atoms with Gasteiger partial charge in [0.05, 0.1) is 11.3 Å². The van der Waals surface area contributed by atoms with Gasteiger partial charge >= 0.3 is 0 Å². The quantitative estimate of drug-likeness (QED) is 0.663. The highest BCUT2D eigenvalue weighted by Gasteiger charge is 2.20. The molecule has 1 amide bonds. The molecule has 0 radical (unpaired) electrons. The lowest BCUT2D eigenvalue weighted by atomic mass is 10.1. The van der Waals surface area contributed by atoms with Crippen LogP contribution in [0.25, 0.3) is 0 Å². The average Bonchev–Trinajstić information content (AvgIpc) is 3.10. The van der Waals surface area contributed by atoms with Crippen LogP contribution in [-0.2, 0) is 4.79 Å².